The number of hydrogen-bond donors (Lipinski definition) is 2. The van der Waals surface area contributed by atoms with E-state index in [9.17, 15) is 15.0 Å². The minimum Gasteiger partial charge on any atom is -0.508 e. The number of ether oxygens (including phenoxy) is 1. The smallest absolute Gasteiger partial charge is 0.311 e. The van der Waals surface area contributed by atoms with Gasteiger partial charge < -0.3 is 14.9 Å². The van der Waals surface area contributed by atoms with Gasteiger partial charge in [0.2, 0.25) is 0 Å². The van der Waals surface area contributed by atoms with Crippen molar-refractivity contribution in [1.82, 2.24) is 0 Å². The predicted octanol–water partition coefficient (Wildman–Crippen LogP) is 1.99. The number of carboxylic acids is 1. The maximum atomic E-state index is 11.4. The fraction of sp³-hybridized carbons (Fsp3) is 0.462. The molecule has 4 nitrogen and oxygen atoms in total. The number of phenolic OH excluding ortho intramolecular Hbond substituents is 1. The second kappa shape index (κ2) is 5.19. The maximum Gasteiger partial charge on any atom is 0.311 e. The summed E-state index contributed by atoms with van der Waals surface area (Å²) < 4.78 is 5.25. The van der Waals surface area contributed by atoms with Crippen LogP contribution in [0, 0.1) is 5.92 Å². The van der Waals surface area contributed by atoms with Crippen LogP contribution in [0.4, 0.5) is 0 Å². The summed E-state index contributed by atoms with van der Waals surface area (Å²) in [6, 6.07) is 6.52. The number of carbonyl (C=O) groups is 1. The molecule has 4 heteroatoms. The summed E-state index contributed by atoms with van der Waals surface area (Å²) in [5.41, 5.74) is 0.671. The molecule has 0 aliphatic carbocycles. The number of hydrogen-bond acceptors (Lipinski definition) is 3. The molecular weight excluding hydrogens is 220 g/mol. The van der Waals surface area contributed by atoms with Gasteiger partial charge in [-0.1, -0.05) is 12.1 Å². The standard InChI is InChI=1S/C13H16O4/c14-11-3-1-2-10(8-11)12(13(15)16)9-4-6-17-7-5-9/h1-3,8-9,12,14H,4-7H2,(H,15,16). The molecule has 2 N–H and O–H groups in total. The third-order valence-corrected chi connectivity index (χ3v) is 3.23. The van der Waals surface area contributed by atoms with Gasteiger partial charge in [-0.3, -0.25) is 4.79 Å². The maximum absolute atomic E-state index is 11.4. The van der Waals surface area contributed by atoms with E-state index in [1.54, 1.807) is 18.2 Å². The Morgan fingerprint density at radius 2 is 2.06 bits per heavy atom. The molecule has 17 heavy (non-hydrogen) atoms. The van der Waals surface area contributed by atoms with Gasteiger partial charge in [0, 0.05) is 13.2 Å². The zero-order chi connectivity index (χ0) is 12.3. The molecule has 1 aromatic rings. The number of rotatable bonds is 3. The molecule has 1 fully saturated rings. The lowest BCUT2D eigenvalue weighted by Crippen LogP contribution is -2.27. The Kier molecular flexibility index (Phi) is 3.64. The van der Waals surface area contributed by atoms with E-state index in [-0.39, 0.29) is 11.7 Å². The van der Waals surface area contributed by atoms with Gasteiger partial charge in [-0.05, 0) is 36.5 Å². The Balaban J connectivity index is 2.25. The molecule has 1 unspecified atom stereocenters. The van der Waals surface area contributed by atoms with Crippen molar-refractivity contribution in [2.24, 2.45) is 5.92 Å². The molecule has 1 aliphatic rings. The Hall–Kier alpha value is -1.55. The van der Waals surface area contributed by atoms with Gasteiger partial charge in [0.25, 0.3) is 0 Å². The fourth-order valence-electron chi connectivity index (χ4n) is 2.38. The Morgan fingerprint density at radius 3 is 2.65 bits per heavy atom. The molecule has 0 amide bonds. The average molecular weight is 236 g/mol. The number of benzene rings is 1. The minimum absolute atomic E-state index is 0.0862. The fourth-order valence-corrected chi connectivity index (χ4v) is 2.38. The first-order valence-electron chi connectivity index (χ1n) is 5.78. The van der Waals surface area contributed by atoms with Crippen LogP contribution >= 0.6 is 0 Å². The lowest BCUT2D eigenvalue weighted by molar-refractivity contribution is -0.141. The normalized spacial score (nSPS) is 18.8. The largest absolute Gasteiger partial charge is 0.508 e. The van der Waals surface area contributed by atoms with Crippen molar-refractivity contribution in [3.05, 3.63) is 29.8 Å². The van der Waals surface area contributed by atoms with Crippen LogP contribution in [0.25, 0.3) is 0 Å². The van der Waals surface area contributed by atoms with E-state index >= 15 is 0 Å². The van der Waals surface area contributed by atoms with Gasteiger partial charge in [-0.15, -0.1) is 0 Å². The molecular formula is C13H16O4. The number of aromatic hydroxyl groups is 1. The van der Waals surface area contributed by atoms with Gasteiger partial charge in [-0.2, -0.15) is 0 Å². The Labute approximate surface area is 99.8 Å². The van der Waals surface area contributed by atoms with Gasteiger partial charge >= 0.3 is 5.97 Å². The first-order chi connectivity index (χ1) is 8.18. The molecule has 1 heterocycles. The van der Waals surface area contributed by atoms with Crippen LogP contribution in [0.1, 0.15) is 24.3 Å². The molecule has 0 saturated carbocycles. The van der Waals surface area contributed by atoms with Gasteiger partial charge in [-0.25, -0.2) is 0 Å². The average Bonchev–Trinajstić information content (AvgIpc) is 2.30. The SMILES string of the molecule is O=C(O)C(c1cccc(O)c1)C1CCOCC1. The highest BCUT2D eigenvalue weighted by atomic mass is 16.5. The van der Waals surface area contributed by atoms with Crippen LogP contribution in [-0.4, -0.2) is 29.4 Å². The molecule has 1 saturated heterocycles. The monoisotopic (exact) mass is 236 g/mol. The van der Waals surface area contributed by atoms with Crippen molar-refractivity contribution in [2.45, 2.75) is 18.8 Å². The number of carboxylic acid groups (broad SMARTS) is 1. The van der Waals surface area contributed by atoms with E-state index in [0.717, 1.165) is 12.8 Å². The van der Waals surface area contributed by atoms with E-state index < -0.39 is 11.9 Å². The summed E-state index contributed by atoms with van der Waals surface area (Å²) >= 11 is 0. The first-order valence-corrected chi connectivity index (χ1v) is 5.78. The molecule has 0 bridgehead atoms. The van der Waals surface area contributed by atoms with Crippen LogP contribution in [0.5, 0.6) is 5.75 Å². The van der Waals surface area contributed by atoms with E-state index in [1.165, 1.54) is 6.07 Å². The predicted molar refractivity (Wildman–Crippen MR) is 62.0 cm³/mol. The Morgan fingerprint density at radius 1 is 1.35 bits per heavy atom. The molecule has 0 spiro atoms. The van der Waals surface area contributed by atoms with Crippen molar-refractivity contribution in [2.75, 3.05) is 13.2 Å². The summed E-state index contributed by atoms with van der Waals surface area (Å²) in [6.45, 7) is 1.24. The molecule has 92 valence electrons. The van der Waals surface area contributed by atoms with Crippen molar-refractivity contribution in [3.63, 3.8) is 0 Å². The van der Waals surface area contributed by atoms with Crippen molar-refractivity contribution < 1.29 is 19.7 Å². The van der Waals surface area contributed by atoms with Crippen LogP contribution in [0.3, 0.4) is 0 Å². The number of phenols is 1. The van der Waals surface area contributed by atoms with Crippen molar-refractivity contribution in [1.29, 1.82) is 0 Å². The molecule has 0 radical (unpaired) electrons. The van der Waals surface area contributed by atoms with E-state index in [4.69, 9.17) is 4.74 Å². The van der Waals surface area contributed by atoms with Gasteiger partial charge in [0.15, 0.2) is 0 Å². The highest BCUT2D eigenvalue weighted by Crippen LogP contribution is 2.33. The highest BCUT2D eigenvalue weighted by molar-refractivity contribution is 5.76. The van der Waals surface area contributed by atoms with Crippen LogP contribution in [0.15, 0.2) is 24.3 Å². The summed E-state index contributed by atoms with van der Waals surface area (Å²) in [4.78, 5) is 11.4. The van der Waals surface area contributed by atoms with Crippen molar-refractivity contribution >= 4 is 5.97 Å². The van der Waals surface area contributed by atoms with E-state index in [2.05, 4.69) is 0 Å². The second-order valence-corrected chi connectivity index (χ2v) is 4.36. The van der Waals surface area contributed by atoms with Crippen molar-refractivity contribution in [3.8, 4) is 5.75 Å². The highest BCUT2D eigenvalue weighted by Gasteiger charge is 2.31. The third-order valence-electron chi connectivity index (χ3n) is 3.23. The quantitative estimate of drug-likeness (QED) is 0.842. The minimum atomic E-state index is -0.831. The zero-order valence-corrected chi connectivity index (χ0v) is 9.50. The topological polar surface area (TPSA) is 66.8 Å². The zero-order valence-electron chi connectivity index (χ0n) is 9.50. The summed E-state index contributed by atoms with van der Waals surface area (Å²) in [6.07, 6.45) is 1.51. The third kappa shape index (κ3) is 2.77. The number of aliphatic carboxylic acids is 1. The molecule has 1 aliphatic heterocycles. The van der Waals surface area contributed by atoms with Crippen LogP contribution < -0.4 is 0 Å². The summed E-state index contributed by atoms with van der Waals surface area (Å²) in [5, 5.41) is 18.8. The molecule has 0 aromatic heterocycles. The van der Waals surface area contributed by atoms with E-state index in [0.29, 0.717) is 18.8 Å². The van der Waals surface area contributed by atoms with Gasteiger partial charge in [0.1, 0.15) is 5.75 Å². The van der Waals surface area contributed by atoms with E-state index in [1.807, 2.05) is 0 Å². The first kappa shape index (κ1) is 11.9. The molecule has 1 aromatic carbocycles. The Bertz CT molecular complexity index is 396. The molecule has 2 rings (SSSR count). The van der Waals surface area contributed by atoms with Crippen LogP contribution in [0.2, 0.25) is 0 Å². The molecule has 1 atom stereocenters. The lowest BCUT2D eigenvalue weighted by Gasteiger charge is -2.27. The van der Waals surface area contributed by atoms with Gasteiger partial charge in [0.05, 0.1) is 5.92 Å². The summed E-state index contributed by atoms with van der Waals surface area (Å²) in [7, 11) is 0. The summed E-state index contributed by atoms with van der Waals surface area (Å²) in [5.74, 6) is -1.18. The van der Waals surface area contributed by atoms with Crippen LogP contribution in [-0.2, 0) is 9.53 Å². The lowest BCUT2D eigenvalue weighted by atomic mass is 9.81. The second-order valence-electron chi connectivity index (χ2n) is 4.36.